The van der Waals surface area contributed by atoms with E-state index in [0.717, 1.165) is 19.6 Å². The summed E-state index contributed by atoms with van der Waals surface area (Å²) in [5, 5.41) is 12.6. The third kappa shape index (κ3) is 4.19. The van der Waals surface area contributed by atoms with Gasteiger partial charge in [0.15, 0.2) is 0 Å². The lowest BCUT2D eigenvalue weighted by molar-refractivity contribution is 0.183. The summed E-state index contributed by atoms with van der Waals surface area (Å²) in [5.74, 6) is 0. The normalized spacial score (nSPS) is 22.3. The summed E-state index contributed by atoms with van der Waals surface area (Å²) in [7, 11) is 0. The van der Waals surface area contributed by atoms with Gasteiger partial charge in [0.1, 0.15) is 5.54 Å². The van der Waals surface area contributed by atoms with Crippen LogP contribution in [0.1, 0.15) is 40.0 Å². The van der Waals surface area contributed by atoms with Gasteiger partial charge in [-0.15, -0.1) is 0 Å². The van der Waals surface area contributed by atoms with Crippen LogP contribution in [0.4, 0.5) is 0 Å². The van der Waals surface area contributed by atoms with Gasteiger partial charge in [-0.2, -0.15) is 5.26 Å². The van der Waals surface area contributed by atoms with Crippen LogP contribution in [0.25, 0.3) is 0 Å². The van der Waals surface area contributed by atoms with Crippen molar-refractivity contribution in [3.8, 4) is 6.07 Å². The Morgan fingerprint density at radius 2 is 1.93 bits per heavy atom. The second-order valence-electron chi connectivity index (χ2n) is 5.08. The van der Waals surface area contributed by atoms with E-state index in [1.54, 1.807) is 0 Å². The Hall–Kier alpha value is -0.590. The van der Waals surface area contributed by atoms with Crippen LogP contribution >= 0.6 is 0 Å². The number of hydrogen-bond acceptors (Lipinski definition) is 3. The van der Waals surface area contributed by atoms with Gasteiger partial charge in [0.05, 0.1) is 6.07 Å². The molecule has 1 atom stereocenters. The van der Waals surface area contributed by atoms with Gasteiger partial charge in [0.25, 0.3) is 0 Å². The van der Waals surface area contributed by atoms with Crippen LogP contribution in [-0.2, 0) is 0 Å². The van der Waals surface area contributed by atoms with Crippen LogP contribution in [0.5, 0.6) is 0 Å². The van der Waals surface area contributed by atoms with Crippen molar-refractivity contribution >= 4 is 0 Å². The summed E-state index contributed by atoms with van der Waals surface area (Å²) in [6, 6.07) is 2.76. The van der Waals surface area contributed by atoms with E-state index in [-0.39, 0.29) is 0 Å². The zero-order valence-corrected chi connectivity index (χ0v) is 10.2. The van der Waals surface area contributed by atoms with Gasteiger partial charge in [-0.25, -0.2) is 0 Å². The second-order valence-corrected chi connectivity index (χ2v) is 5.08. The molecule has 1 aliphatic rings. The minimum absolute atomic E-state index is 0.361. The Balaban J connectivity index is 2.47. The van der Waals surface area contributed by atoms with Gasteiger partial charge in [-0.3, -0.25) is 5.32 Å². The highest BCUT2D eigenvalue weighted by atomic mass is 15.2. The summed E-state index contributed by atoms with van der Waals surface area (Å²) in [6.07, 6.45) is 3.91. The Labute approximate surface area is 93.5 Å². The molecule has 1 aliphatic heterocycles. The van der Waals surface area contributed by atoms with Crippen molar-refractivity contribution in [2.24, 2.45) is 0 Å². The highest BCUT2D eigenvalue weighted by molar-refractivity contribution is 5.06. The number of rotatable bonds is 4. The first-order valence-corrected chi connectivity index (χ1v) is 5.97. The molecule has 0 aliphatic carbocycles. The number of likely N-dealkylation sites (tertiary alicyclic amines) is 1. The van der Waals surface area contributed by atoms with Crippen LogP contribution in [0.15, 0.2) is 0 Å². The van der Waals surface area contributed by atoms with E-state index < -0.39 is 5.54 Å². The molecule has 0 spiro atoms. The third-order valence-corrected chi connectivity index (χ3v) is 2.84. The molecule has 1 heterocycles. The topological polar surface area (TPSA) is 39.1 Å². The number of hydrogen-bond donors (Lipinski definition) is 1. The molecule has 1 rings (SSSR count). The lowest BCUT2D eigenvalue weighted by atomic mass is 10.0. The molecule has 86 valence electrons. The summed E-state index contributed by atoms with van der Waals surface area (Å²) >= 11 is 0. The maximum Gasteiger partial charge on any atom is 0.116 e. The molecular formula is C12H23N3. The zero-order valence-electron chi connectivity index (χ0n) is 10.2. The fourth-order valence-corrected chi connectivity index (χ4v) is 2.32. The van der Waals surface area contributed by atoms with Gasteiger partial charge < -0.3 is 4.90 Å². The highest BCUT2D eigenvalue weighted by Crippen LogP contribution is 2.13. The predicted molar refractivity (Wildman–Crippen MR) is 62.6 cm³/mol. The fraction of sp³-hybridized carbons (Fsp3) is 0.917. The van der Waals surface area contributed by atoms with Crippen molar-refractivity contribution in [3.05, 3.63) is 0 Å². The monoisotopic (exact) mass is 209 g/mol. The second kappa shape index (κ2) is 5.48. The minimum Gasteiger partial charge on any atom is -0.300 e. The van der Waals surface area contributed by atoms with Gasteiger partial charge in [0.2, 0.25) is 0 Å². The third-order valence-electron chi connectivity index (χ3n) is 2.84. The van der Waals surface area contributed by atoms with Gasteiger partial charge in [-0.05, 0) is 46.7 Å². The zero-order chi connectivity index (χ0) is 11.3. The molecule has 0 aromatic heterocycles. The highest BCUT2D eigenvalue weighted by Gasteiger charge is 2.27. The molecule has 0 saturated carbocycles. The van der Waals surface area contributed by atoms with Crippen LogP contribution in [0.2, 0.25) is 0 Å². The molecule has 1 N–H and O–H groups in total. The van der Waals surface area contributed by atoms with Crippen molar-refractivity contribution in [2.75, 3.05) is 19.6 Å². The first kappa shape index (κ1) is 12.5. The molecule has 1 saturated heterocycles. The largest absolute Gasteiger partial charge is 0.300 e. The summed E-state index contributed by atoms with van der Waals surface area (Å²) in [5.41, 5.74) is -0.397. The quantitative estimate of drug-likeness (QED) is 0.766. The van der Waals surface area contributed by atoms with E-state index in [9.17, 15) is 5.26 Å². The molecule has 0 aromatic carbocycles. The molecule has 1 fully saturated rings. The van der Waals surface area contributed by atoms with Crippen molar-refractivity contribution in [2.45, 2.75) is 51.6 Å². The summed E-state index contributed by atoms with van der Waals surface area (Å²) in [6.45, 7) is 9.33. The van der Waals surface area contributed by atoms with Crippen LogP contribution in [0.3, 0.4) is 0 Å². The Bertz CT molecular complexity index is 226. The number of piperidine rings is 1. The molecule has 0 radical (unpaired) electrons. The average Bonchev–Trinajstić information content (AvgIpc) is 2.18. The van der Waals surface area contributed by atoms with E-state index in [4.69, 9.17) is 0 Å². The van der Waals surface area contributed by atoms with Crippen molar-refractivity contribution in [1.82, 2.24) is 10.2 Å². The molecule has 3 heteroatoms. The minimum atomic E-state index is -0.397. The number of nitrogens with one attached hydrogen (secondary N) is 1. The molecule has 0 aromatic rings. The van der Waals surface area contributed by atoms with Gasteiger partial charge in [-0.1, -0.05) is 6.42 Å². The smallest absolute Gasteiger partial charge is 0.116 e. The Kier molecular flexibility index (Phi) is 4.56. The van der Waals surface area contributed by atoms with E-state index in [2.05, 4.69) is 30.1 Å². The molecule has 3 nitrogen and oxygen atoms in total. The summed E-state index contributed by atoms with van der Waals surface area (Å²) in [4.78, 5) is 2.40. The van der Waals surface area contributed by atoms with Crippen molar-refractivity contribution in [1.29, 1.82) is 5.26 Å². The molecule has 0 amide bonds. The van der Waals surface area contributed by atoms with Crippen LogP contribution < -0.4 is 5.32 Å². The van der Waals surface area contributed by atoms with Crippen molar-refractivity contribution in [3.63, 3.8) is 0 Å². The van der Waals surface area contributed by atoms with E-state index in [0.29, 0.717) is 6.04 Å². The lowest BCUT2D eigenvalue weighted by Crippen LogP contribution is -2.53. The van der Waals surface area contributed by atoms with E-state index in [1.165, 1.54) is 19.3 Å². The van der Waals surface area contributed by atoms with Crippen LogP contribution in [0, 0.1) is 11.3 Å². The fourth-order valence-electron chi connectivity index (χ4n) is 2.32. The maximum atomic E-state index is 9.23. The number of nitrogens with zero attached hydrogens (tertiary/aromatic N) is 2. The molecular weight excluding hydrogens is 186 g/mol. The molecule has 15 heavy (non-hydrogen) atoms. The SMILES string of the molecule is CC(C)NC(C)(C#N)CN1CCCCC1. The molecule has 1 unspecified atom stereocenters. The van der Waals surface area contributed by atoms with E-state index >= 15 is 0 Å². The van der Waals surface area contributed by atoms with Crippen LogP contribution in [-0.4, -0.2) is 36.1 Å². The first-order valence-electron chi connectivity index (χ1n) is 5.97. The first-order chi connectivity index (χ1) is 7.06. The predicted octanol–water partition coefficient (Wildman–Crippen LogP) is 1.75. The Morgan fingerprint density at radius 3 is 2.40 bits per heavy atom. The molecule has 0 bridgehead atoms. The van der Waals surface area contributed by atoms with E-state index in [1.807, 2.05) is 6.92 Å². The standard InChI is InChI=1S/C12H23N3/c1-11(2)14-12(3,9-13)10-15-7-5-4-6-8-15/h11,14H,4-8,10H2,1-3H3. The Morgan fingerprint density at radius 1 is 1.33 bits per heavy atom. The maximum absolute atomic E-state index is 9.23. The van der Waals surface area contributed by atoms with Crippen molar-refractivity contribution < 1.29 is 0 Å². The lowest BCUT2D eigenvalue weighted by Gasteiger charge is -2.34. The number of nitriles is 1. The average molecular weight is 209 g/mol. The van der Waals surface area contributed by atoms with Gasteiger partial charge >= 0.3 is 0 Å². The van der Waals surface area contributed by atoms with Gasteiger partial charge in [0, 0.05) is 12.6 Å². The summed E-state index contributed by atoms with van der Waals surface area (Å²) < 4.78 is 0.